The van der Waals surface area contributed by atoms with Gasteiger partial charge in [-0.05, 0) is 36.1 Å². The highest BCUT2D eigenvalue weighted by Crippen LogP contribution is 2.29. The summed E-state index contributed by atoms with van der Waals surface area (Å²) >= 11 is 8.01. The summed E-state index contributed by atoms with van der Waals surface area (Å²) in [6.45, 7) is 0.409. The molecule has 0 aliphatic heterocycles. The Hall–Kier alpha value is -2.64. The van der Waals surface area contributed by atoms with Gasteiger partial charge in [0, 0.05) is 5.69 Å². The second-order valence-corrected chi connectivity index (χ2v) is 7.43. The summed E-state index contributed by atoms with van der Waals surface area (Å²) < 4.78 is 14.9. The smallest absolute Gasteiger partial charge is 0.191 e. The zero-order valence-electron chi connectivity index (χ0n) is 15.0. The molecular weight excluding hydrogens is 397 g/mol. The second kappa shape index (κ2) is 8.16. The van der Waals surface area contributed by atoms with E-state index >= 15 is 0 Å². The number of alkyl halides is 1. The number of halogens is 2. The van der Waals surface area contributed by atoms with Crippen molar-refractivity contribution in [2.45, 2.75) is 17.1 Å². The van der Waals surface area contributed by atoms with Gasteiger partial charge in [0.2, 0.25) is 0 Å². The first kappa shape index (κ1) is 18.7. The van der Waals surface area contributed by atoms with E-state index in [9.17, 15) is 4.39 Å². The molecule has 5 nitrogen and oxygen atoms in total. The fourth-order valence-corrected chi connectivity index (χ4v) is 3.48. The number of hydrogen-bond donors (Lipinski definition) is 1. The van der Waals surface area contributed by atoms with Gasteiger partial charge in [-0.25, -0.2) is 19.0 Å². The predicted octanol–water partition coefficient (Wildman–Crippen LogP) is 5.41. The van der Waals surface area contributed by atoms with Crippen LogP contribution in [0.1, 0.15) is 10.9 Å². The van der Waals surface area contributed by atoms with Gasteiger partial charge in [-0.2, -0.15) is 5.10 Å². The Morgan fingerprint density at radius 3 is 2.57 bits per heavy atom. The Bertz CT molecular complexity index is 1090. The van der Waals surface area contributed by atoms with Crippen molar-refractivity contribution in [2.75, 3.05) is 11.6 Å². The van der Waals surface area contributed by atoms with E-state index in [1.54, 1.807) is 23.0 Å². The first-order chi connectivity index (χ1) is 13.6. The number of nitrogens with zero attached hydrogens (tertiary/aromatic N) is 4. The number of benzene rings is 2. The molecule has 142 valence electrons. The third-order valence-corrected chi connectivity index (χ3v) is 5.20. The van der Waals surface area contributed by atoms with Crippen molar-refractivity contribution in [3.05, 3.63) is 72.2 Å². The van der Waals surface area contributed by atoms with Gasteiger partial charge in [-0.15, -0.1) is 11.6 Å². The van der Waals surface area contributed by atoms with Crippen molar-refractivity contribution in [1.29, 1.82) is 0 Å². The van der Waals surface area contributed by atoms with Crippen LogP contribution in [-0.2, 0) is 6.54 Å². The van der Waals surface area contributed by atoms with Crippen LogP contribution < -0.4 is 5.32 Å². The SMILES string of the molecule is CSc1nc(Nc2ccccc2)c2cnn(CC(Cl)c3ccc(F)cc3)c2n1. The Morgan fingerprint density at radius 1 is 1.11 bits per heavy atom. The Morgan fingerprint density at radius 2 is 1.86 bits per heavy atom. The van der Waals surface area contributed by atoms with Gasteiger partial charge in [0.15, 0.2) is 10.8 Å². The van der Waals surface area contributed by atoms with Gasteiger partial charge in [0.1, 0.15) is 11.6 Å². The van der Waals surface area contributed by atoms with E-state index in [0.29, 0.717) is 23.2 Å². The van der Waals surface area contributed by atoms with Crippen LogP contribution in [0.4, 0.5) is 15.9 Å². The third kappa shape index (κ3) is 3.95. The van der Waals surface area contributed by atoms with Gasteiger partial charge >= 0.3 is 0 Å². The zero-order valence-corrected chi connectivity index (χ0v) is 16.6. The van der Waals surface area contributed by atoms with Crippen molar-refractivity contribution >= 4 is 45.9 Å². The largest absolute Gasteiger partial charge is 0.339 e. The number of para-hydroxylation sites is 1. The summed E-state index contributed by atoms with van der Waals surface area (Å²) in [5, 5.41) is 8.89. The average Bonchev–Trinajstić information content (AvgIpc) is 3.12. The molecule has 4 rings (SSSR count). The molecule has 0 radical (unpaired) electrons. The average molecular weight is 414 g/mol. The van der Waals surface area contributed by atoms with Crippen molar-refractivity contribution < 1.29 is 4.39 Å². The Labute approximate surface area is 171 Å². The van der Waals surface area contributed by atoms with Gasteiger partial charge in [-0.3, -0.25) is 0 Å². The number of fused-ring (bicyclic) bond motifs is 1. The molecule has 0 spiro atoms. The van der Waals surface area contributed by atoms with Crippen LogP contribution in [0.25, 0.3) is 11.0 Å². The topological polar surface area (TPSA) is 55.6 Å². The van der Waals surface area contributed by atoms with Crippen molar-refractivity contribution in [2.24, 2.45) is 0 Å². The van der Waals surface area contributed by atoms with Gasteiger partial charge in [0.05, 0.1) is 23.5 Å². The molecule has 8 heteroatoms. The van der Waals surface area contributed by atoms with E-state index in [1.807, 2.05) is 36.6 Å². The fourth-order valence-electron chi connectivity index (χ4n) is 2.84. The zero-order chi connectivity index (χ0) is 19.5. The van der Waals surface area contributed by atoms with Gasteiger partial charge < -0.3 is 5.32 Å². The predicted molar refractivity (Wildman–Crippen MR) is 112 cm³/mol. The van der Waals surface area contributed by atoms with E-state index in [1.165, 1.54) is 23.9 Å². The van der Waals surface area contributed by atoms with E-state index in [-0.39, 0.29) is 11.2 Å². The summed E-state index contributed by atoms with van der Waals surface area (Å²) in [6, 6.07) is 16.0. The maximum Gasteiger partial charge on any atom is 0.191 e. The van der Waals surface area contributed by atoms with Crippen LogP contribution in [0.2, 0.25) is 0 Å². The molecule has 2 aromatic heterocycles. The summed E-state index contributed by atoms with van der Waals surface area (Å²) in [6.07, 6.45) is 3.66. The molecule has 1 atom stereocenters. The number of thioether (sulfide) groups is 1. The molecule has 28 heavy (non-hydrogen) atoms. The number of rotatable bonds is 6. The first-order valence-corrected chi connectivity index (χ1v) is 10.3. The highest BCUT2D eigenvalue weighted by molar-refractivity contribution is 7.98. The van der Waals surface area contributed by atoms with Crippen LogP contribution in [0.15, 0.2) is 66.0 Å². The highest BCUT2D eigenvalue weighted by Gasteiger charge is 2.16. The Balaban J connectivity index is 1.68. The monoisotopic (exact) mass is 413 g/mol. The first-order valence-electron chi connectivity index (χ1n) is 8.63. The molecule has 0 aliphatic carbocycles. The van der Waals surface area contributed by atoms with E-state index in [2.05, 4.69) is 20.4 Å². The molecule has 4 aromatic rings. The molecule has 2 aromatic carbocycles. The van der Waals surface area contributed by atoms with Crippen LogP contribution in [0.3, 0.4) is 0 Å². The molecule has 0 fully saturated rings. The summed E-state index contributed by atoms with van der Waals surface area (Å²) in [5.41, 5.74) is 2.46. The van der Waals surface area contributed by atoms with Crippen LogP contribution >= 0.6 is 23.4 Å². The summed E-state index contributed by atoms with van der Waals surface area (Å²) in [7, 11) is 0. The molecule has 0 saturated heterocycles. The fraction of sp³-hybridized carbons (Fsp3) is 0.150. The second-order valence-electron chi connectivity index (χ2n) is 6.13. The lowest BCUT2D eigenvalue weighted by Gasteiger charge is -2.12. The maximum atomic E-state index is 13.2. The molecule has 0 bridgehead atoms. The lowest BCUT2D eigenvalue weighted by molar-refractivity contribution is 0.608. The number of nitrogens with one attached hydrogen (secondary N) is 1. The molecule has 0 aliphatic rings. The van der Waals surface area contributed by atoms with Crippen molar-refractivity contribution in [3.8, 4) is 0 Å². The van der Waals surface area contributed by atoms with E-state index in [4.69, 9.17) is 11.6 Å². The van der Waals surface area contributed by atoms with E-state index in [0.717, 1.165) is 16.6 Å². The lowest BCUT2D eigenvalue weighted by atomic mass is 10.1. The van der Waals surface area contributed by atoms with Gasteiger partial charge in [0.25, 0.3) is 0 Å². The number of aromatic nitrogens is 4. The minimum Gasteiger partial charge on any atom is -0.339 e. The summed E-state index contributed by atoms with van der Waals surface area (Å²) in [4.78, 5) is 9.20. The van der Waals surface area contributed by atoms with Crippen LogP contribution in [0, 0.1) is 5.82 Å². The highest BCUT2D eigenvalue weighted by atomic mass is 35.5. The van der Waals surface area contributed by atoms with E-state index < -0.39 is 0 Å². The minimum absolute atomic E-state index is 0.286. The maximum absolute atomic E-state index is 13.2. The number of hydrogen-bond acceptors (Lipinski definition) is 5. The molecule has 1 N–H and O–H groups in total. The summed E-state index contributed by atoms with van der Waals surface area (Å²) in [5.74, 6) is 0.408. The minimum atomic E-state index is -0.359. The molecule has 0 amide bonds. The lowest BCUT2D eigenvalue weighted by Crippen LogP contribution is -2.08. The molecule has 0 saturated carbocycles. The quantitative estimate of drug-likeness (QED) is 0.260. The van der Waals surface area contributed by atoms with Crippen molar-refractivity contribution in [3.63, 3.8) is 0 Å². The molecule has 2 heterocycles. The molecular formula is C20H17ClFN5S. The van der Waals surface area contributed by atoms with Crippen LogP contribution in [-0.4, -0.2) is 26.0 Å². The normalized spacial score (nSPS) is 12.2. The standard InChI is InChI=1S/C20H17ClFN5S/c1-28-20-25-18(24-15-5-3-2-4-6-15)16-11-23-27(19(16)26-20)12-17(21)13-7-9-14(22)10-8-13/h2-11,17H,12H2,1H3,(H,24,25,26). The number of anilines is 2. The molecule has 1 unspecified atom stereocenters. The van der Waals surface area contributed by atoms with Crippen LogP contribution in [0.5, 0.6) is 0 Å². The van der Waals surface area contributed by atoms with Gasteiger partial charge in [-0.1, -0.05) is 42.1 Å². The van der Waals surface area contributed by atoms with Crippen molar-refractivity contribution in [1.82, 2.24) is 19.7 Å². The Kier molecular flexibility index (Phi) is 5.45. The third-order valence-electron chi connectivity index (χ3n) is 4.26.